The van der Waals surface area contributed by atoms with Gasteiger partial charge in [0.15, 0.2) is 5.78 Å². The molecular formula is C16H14O2. The van der Waals surface area contributed by atoms with Gasteiger partial charge in [-0.1, -0.05) is 43.3 Å². The van der Waals surface area contributed by atoms with Crippen LogP contribution in [0, 0.1) is 0 Å². The number of hydrogen-bond donors (Lipinski definition) is 0. The molecule has 1 aliphatic rings. The smallest absolute Gasteiger partial charge is 0.170 e. The van der Waals surface area contributed by atoms with E-state index in [0.29, 0.717) is 0 Å². The fourth-order valence-electron chi connectivity index (χ4n) is 2.70. The Morgan fingerprint density at radius 3 is 2.33 bits per heavy atom. The second kappa shape index (κ2) is 3.98. The molecule has 0 saturated heterocycles. The largest absolute Gasteiger partial charge is 0.496 e. The third-order valence-corrected chi connectivity index (χ3v) is 3.60. The molecule has 0 radical (unpaired) electrons. The van der Waals surface area contributed by atoms with Gasteiger partial charge in [0.25, 0.3) is 0 Å². The van der Waals surface area contributed by atoms with Gasteiger partial charge in [-0.25, -0.2) is 0 Å². The lowest BCUT2D eigenvalue weighted by Crippen LogP contribution is -2.17. The molecule has 0 heterocycles. The van der Waals surface area contributed by atoms with E-state index in [1.54, 1.807) is 7.11 Å². The summed E-state index contributed by atoms with van der Waals surface area (Å²) in [6.07, 6.45) is 0. The first-order valence-corrected chi connectivity index (χ1v) is 6.04. The fourth-order valence-corrected chi connectivity index (χ4v) is 2.70. The molecule has 0 N–H and O–H groups in total. The predicted octanol–water partition coefficient (Wildman–Crippen LogP) is 3.66. The molecule has 0 aromatic heterocycles. The molecule has 0 fully saturated rings. The van der Waals surface area contributed by atoms with Gasteiger partial charge in [-0.15, -0.1) is 0 Å². The quantitative estimate of drug-likeness (QED) is 0.757. The van der Waals surface area contributed by atoms with E-state index in [4.69, 9.17) is 4.74 Å². The van der Waals surface area contributed by atoms with Crippen molar-refractivity contribution in [3.8, 4) is 16.9 Å². The molecule has 0 spiro atoms. The van der Waals surface area contributed by atoms with Gasteiger partial charge in [0.1, 0.15) is 5.75 Å². The number of carbonyl (C=O) groups excluding carboxylic acids is 1. The molecule has 2 aromatic carbocycles. The number of carbonyl (C=O) groups is 1. The summed E-state index contributed by atoms with van der Waals surface area (Å²) in [5.41, 5.74) is 3.93. The molecule has 2 aromatic rings. The van der Waals surface area contributed by atoms with Gasteiger partial charge >= 0.3 is 0 Å². The average Bonchev–Trinajstić information content (AvgIpc) is 2.44. The molecular weight excluding hydrogens is 224 g/mol. The molecule has 1 atom stereocenters. The maximum absolute atomic E-state index is 12.4. The number of hydrogen-bond acceptors (Lipinski definition) is 2. The van der Waals surface area contributed by atoms with E-state index in [-0.39, 0.29) is 11.7 Å². The van der Waals surface area contributed by atoms with Crippen molar-refractivity contribution < 1.29 is 9.53 Å². The first-order valence-electron chi connectivity index (χ1n) is 6.04. The van der Waals surface area contributed by atoms with Crippen LogP contribution >= 0.6 is 0 Å². The van der Waals surface area contributed by atoms with Gasteiger partial charge in [0.2, 0.25) is 0 Å². The maximum Gasteiger partial charge on any atom is 0.170 e. The van der Waals surface area contributed by atoms with E-state index in [9.17, 15) is 4.79 Å². The highest BCUT2D eigenvalue weighted by Gasteiger charge is 2.30. The molecule has 0 aliphatic heterocycles. The molecule has 0 bridgehead atoms. The standard InChI is InChI=1S/C16H14O2/c1-10-15-12(8-5-9-14(15)18-2)11-6-3-4-7-13(11)16(10)17/h3-10H,1-2H3. The molecule has 2 nitrogen and oxygen atoms in total. The van der Waals surface area contributed by atoms with Gasteiger partial charge in [-0.05, 0) is 17.2 Å². The summed E-state index contributed by atoms with van der Waals surface area (Å²) in [6, 6.07) is 13.7. The molecule has 1 aliphatic carbocycles. The number of ketones is 1. The summed E-state index contributed by atoms with van der Waals surface area (Å²) in [5, 5.41) is 0. The number of benzene rings is 2. The minimum Gasteiger partial charge on any atom is -0.496 e. The van der Waals surface area contributed by atoms with Gasteiger partial charge in [0, 0.05) is 17.0 Å². The maximum atomic E-state index is 12.4. The zero-order chi connectivity index (χ0) is 12.7. The van der Waals surface area contributed by atoms with Crippen LogP contribution in [0.5, 0.6) is 5.75 Å². The van der Waals surface area contributed by atoms with Gasteiger partial charge in [-0.2, -0.15) is 0 Å². The highest BCUT2D eigenvalue weighted by molar-refractivity contribution is 6.10. The summed E-state index contributed by atoms with van der Waals surface area (Å²) < 4.78 is 5.39. The van der Waals surface area contributed by atoms with Crippen molar-refractivity contribution in [1.29, 1.82) is 0 Å². The first-order chi connectivity index (χ1) is 8.74. The van der Waals surface area contributed by atoms with Crippen molar-refractivity contribution in [2.75, 3.05) is 7.11 Å². The van der Waals surface area contributed by atoms with E-state index >= 15 is 0 Å². The van der Waals surface area contributed by atoms with Gasteiger partial charge in [-0.3, -0.25) is 4.79 Å². The van der Waals surface area contributed by atoms with Crippen LogP contribution in [-0.2, 0) is 0 Å². The molecule has 0 saturated carbocycles. The first kappa shape index (κ1) is 11.0. The van der Waals surface area contributed by atoms with Crippen LogP contribution in [0.1, 0.15) is 28.8 Å². The summed E-state index contributed by atoms with van der Waals surface area (Å²) in [6.45, 7) is 1.94. The molecule has 90 valence electrons. The summed E-state index contributed by atoms with van der Waals surface area (Å²) >= 11 is 0. The van der Waals surface area contributed by atoms with E-state index < -0.39 is 0 Å². The van der Waals surface area contributed by atoms with Crippen LogP contribution in [0.4, 0.5) is 0 Å². The summed E-state index contributed by atoms with van der Waals surface area (Å²) in [7, 11) is 1.65. The SMILES string of the molecule is COc1cccc2c1C(C)C(=O)c1ccccc1-2. The number of fused-ring (bicyclic) bond motifs is 3. The van der Waals surface area contributed by atoms with Crippen LogP contribution in [0.15, 0.2) is 42.5 Å². The highest BCUT2D eigenvalue weighted by atomic mass is 16.5. The van der Waals surface area contributed by atoms with E-state index in [0.717, 1.165) is 28.0 Å². The molecule has 2 heteroatoms. The third-order valence-electron chi connectivity index (χ3n) is 3.60. The Balaban J connectivity index is 2.36. The average molecular weight is 238 g/mol. The van der Waals surface area contributed by atoms with Crippen molar-refractivity contribution in [1.82, 2.24) is 0 Å². The lowest BCUT2D eigenvalue weighted by atomic mass is 9.78. The van der Waals surface area contributed by atoms with Crippen LogP contribution in [0.25, 0.3) is 11.1 Å². The van der Waals surface area contributed by atoms with Gasteiger partial charge < -0.3 is 4.74 Å². The van der Waals surface area contributed by atoms with Crippen LogP contribution in [-0.4, -0.2) is 12.9 Å². The summed E-state index contributed by atoms with van der Waals surface area (Å²) in [5.74, 6) is 0.816. The minimum atomic E-state index is -0.147. The van der Waals surface area contributed by atoms with E-state index in [1.165, 1.54) is 0 Å². The lowest BCUT2D eigenvalue weighted by molar-refractivity contribution is 0.0963. The Morgan fingerprint density at radius 2 is 1.61 bits per heavy atom. The zero-order valence-electron chi connectivity index (χ0n) is 10.4. The molecule has 18 heavy (non-hydrogen) atoms. The highest BCUT2D eigenvalue weighted by Crippen LogP contribution is 2.43. The van der Waals surface area contributed by atoms with Crippen molar-refractivity contribution in [3.63, 3.8) is 0 Å². The normalized spacial score (nSPS) is 17.0. The zero-order valence-corrected chi connectivity index (χ0v) is 10.4. The molecule has 3 rings (SSSR count). The van der Waals surface area contributed by atoms with Crippen LogP contribution in [0.3, 0.4) is 0 Å². The Labute approximate surface area is 106 Å². The van der Waals surface area contributed by atoms with Crippen LogP contribution < -0.4 is 4.74 Å². The monoisotopic (exact) mass is 238 g/mol. The third kappa shape index (κ3) is 1.39. The van der Waals surface area contributed by atoms with Crippen molar-refractivity contribution >= 4 is 5.78 Å². The van der Waals surface area contributed by atoms with Crippen molar-refractivity contribution in [3.05, 3.63) is 53.6 Å². The predicted molar refractivity (Wildman–Crippen MR) is 71.2 cm³/mol. The fraction of sp³-hybridized carbons (Fsp3) is 0.188. The molecule has 0 amide bonds. The molecule has 1 unspecified atom stereocenters. The Hall–Kier alpha value is -2.09. The second-order valence-electron chi connectivity index (χ2n) is 4.55. The Kier molecular flexibility index (Phi) is 2.44. The topological polar surface area (TPSA) is 26.3 Å². The van der Waals surface area contributed by atoms with Gasteiger partial charge in [0.05, 0.1) is 7.11 Å². The second-order valence-corrected chi connectivity index (χ2v) is 4.55. The van der Waals surface area contributed by atoms with Crippen molar-refractivity contribution in [2.45, 2.75) is 12.8 Å². The van der Waals surface area contributed by atoms with Crippen LogP contribution in [0.2, 0.25) is 0 Å². The number of methoxy groups -OCH3 is 1. The Bertz CT molecular complexity index is 629. The van der Waals surface area contributed by atoms with E-state index in [1.807, 2.05) is 43.3 Å². The lowest BCUT2D eigenvalue weighted by Gasteiger charge is -2.25. The van der Waals surface area contributed by atoms with E-state index in [2.05, 4.69) is 6.07 Å². The number of rotatable bonds is 1. The summed E-state index contributed by atoms with van der Waals surface area (Å²) in [4.78, 5) is 12.4. The Morgan fingerprint density at radius 1 is 0.944 bits per heavy atom. The number of Topliss-reactive ketones (excluding diaryl/α,β-unsaturated/α-hetero) is 1. The van der Waals surface area contributed by atoms with Crippen molar-refractivity contribution in [2.24, 2.45) is 0 Å². The minimum absolute atomic E-state index is 0.147. The number of ether oxygens (including phenoxy) is 1.